The highest BCUT2D eigenvalue weighted by atomic mass is 16.5. The highest BCUT2D eigenvalue weighted by molar-refractivity contribution is 5.92. The van der Waals surface area contributed by atoms with Gasteiger partial charge in [-0.15, -0.1) is 0 Å². The molecule has 27 heavy (non-hydrogen) atoms. The first-order valence-corrected chi connectivity index (χ1v) is 10.7. The summed E-state index contributed by atoms with van der Waals surface area (Å²) < 4.78 is 11.3. The Labute approximate surface area is 162 Å². The van der Waals surface area contributed by atoms with E-state index in [1.165, 1.54) is 38.8 Å². The van der Waals surface area contributed by atoms with Crippen molar-refractivity contribution >= 4 is 5.91 Å². The van der Waals surface area contributed by atoms with Gasteiger partial charge in [0.15, 0.2) is 5.89 Å². The molecule has 4 heterocycles. The lowest BCUT2D eigenvalue weighted by Gasteiger charge is -2.40. The maximum absolute atomic E-state index is 12.7. The molecule has 0 saturated carbocycles. The maximum atomic E-state index is 12.7. The van der Waals surface area contributed by atoms with Gasteiger partial charge < -0.3 is 19.0 Å². The Hall–Kier alpha value is -1.40. The summed E-state index contributed by atoms with van der Waals surface area (Å²) in [6.45, 7) is 9.82. The number of piperidine rings is 2. The molecule has 0 radical (unpaired) electrons. The van der Waals surface area contributed by atoms with Gasteiger partial charge in [0, 0.05) is 33.2 Å². The minimum absolute atomic E-state index is 0.0120. The zero-order valence-corrected chi connectivity index (χ0v) is 16.8. The van der Waals surface area contributed by atoms with Crippen molar-refractivity contribution in [1.82, 2.24) is 14.8 Å². The van der Waals surface area contributed by atoms with Crippen LogP contribution in [0.4, 0.5) is 0 Å². The molecule has 1 amide bonds. The van der Waals surface area contributed by atoms with Crippen LogP contribution in [0.2, 0.25) is 0 Å². The first kappa shape index (κ1) is 18.9. The fourth-order valence-corrected chi connectivity index (χ4v) is 5.13. The third-order valence-corrected chi connectivity index (χ3v) is 6.71. The lowest BCUT2D eigenvalue weighted by atomic mass is 9.78. The molecule has 0 aromatic carbocycles. The van der Waals surface area contributed by atoms with Gasteiger partial charge in [-0.2, -0.15) is 0 Å². The summed E-state index contributed by atoms with van der Waals surface area (Å²) in [6.07, 6.45) is 7.77. The quantitative estimate of drug-likeness (QED) is 0.810. The number of hydrogen-bond acceptors (Lipinski definition) is 5. The summed E-state index contributed by atoms with van der Waals surface area (Å²) in [7, 11) is 0. The molecule has 3 fully saturated rings. The highest BCUT2D eigenvalue weighted by Gasteiger charge is 2.33. The number of aromatic nitrogens is 1. The second-order valence-electron chi connectivity index (χ2n) is 8.55. The average Bonchev–Trinajstić information content (AvgIpc) is 3.31. The minimum atomic E-state index is 0.0120. The minimum Gasteiger partial charge on any atom is -0.436 e. The molecule has 0 aliphatic carbocycles. The molecule has 150 valence electrons. The van der Waals surface area contributed by atoms with E-state index in [9.17, 15) is 4.79 Å². The van der Waals surface area contributed by atoms with Crippen LogP contribution in [-0.2, 0) is 4.74 Å². The van der Waals surface area contributed by atoms with E-state index in [4.69, 9.17) is 9.15 Å². The first-order valence-electron chi connectivity index (χ1n) is 10.7. The van der Waals surface area contributed by atoms with Crippen LogP contribution in [-0.4, -0.2) is 66.1 Å². The Morgan fingerprint density at radius 1 is 1.04 bits per heavy atom. The van der Waals surface area contributed by atoms with Crippen molar-refractivity contribution in [2.75, 3.05) is 39.3 Å². The van der Waals surface area contributed by atoms with Gasteiger partial charge in [0.05, 0.1) is 11.8 Å². The molecule has 6 heteroatoms. The van der Waals surface area contributed by atoms with Crippen molar-refractivity contribution in [1.29, 1.82) is 0 Å². The van der Waals surface area contributed by atoms with Crippen LogP contribution < -0.4 is 0 Å². The largest absolute Gasteiger partial charge is 0.436 e. The standard InChI is InChI=1S/C21H33N3O3/c1-15-20(27-16(2)22-15)21(25)24-11-7-18(8-12-24)17-5-9-23(10-6-17)14-19-4-3-13-26-19/h17-19H,3-14H2,1-2H3. The zero-order chi connectivity index (χ0) is 18.8. The smallest absolute Gasteiger partial charge is 0.291 e. The third-order valence-electron chi connectivity index (χ3n) is 6.71. The molecule has 4 rings (SSSR count). The van der Waals surface area contributed by atoms with Crippen molar-refractivity contribution < 1.29 is 13.9 Å². The number of rotatable bonds is 4. The van der Waals surface area contributed by atoms with Gasteiger partial charge in [-0.1, -0.05) is 0 Å². The van der Waals surface area contributed by atoms with E-state index < -0.39 is 0 Å². The number of amides is 1. The van der Waals surface area contributed by atoms with Gasteiger partial charge in [0.25, 0.3) is 5.91 Å². The lowest BCUT2D eigenvalue weighted by molar-refractivity contribution is 0.0426. The number of ether oxygens (including phenoxy) is 1. The molecule has 6 nitrogen and oxygen atoms in total. The molecule has 1 atom stereocenters. The lowest BCUT2D eigenvalue weighted by Crippen LogP contribution is -2.44. The van der Waals surface area contributed by atoms with Crippen molar-refractivity contribution in [3.8, 4) is 0 Å². The number of likely N-dealkylation sites (tertiary alicyclic amines) is 2. The molecule has 0 spiro atoms. The zero-order valence-electron chi connectivity index (χ0n) is 16.8. The van der Waals surface area contributed by atoms with Crippen LogP contribution in [0.5, 0.6) is 0 Å². The summed E-state index contributed by atoms with van der Waals surface area (Å²) in [6, 6.07) is 0. The van der Waals surface area contributed by atoms with Crippen LogP contribution in [0.1, 0.15) is 60.7 Å². The maximum Gasteiger partial charge on any atom is 0.291 e. The van der Waals surface area contributed by atoms with E-state index in [2.05, 4.69) is 9.88 Å². The number of oxazole rings is 1. The summed E-state index contributed by atoms with van der Waals surface area (Å²) >= 11 is 0. The topological polar surface area (TPSA) is 58.8 Å². The summed E-state index contributed by atoms with van der Waals surface area (Å²) in [5.41, 5.74) is 0.707. The Balaban J connectivity index is 1.22. The van der Waals surface area contributed by atoms with E-state index in [1.54, 1.807) is 6.92 Å². The number of aryl methyl sites for hydroxylation is 2. The molecule has 1 aromatic heterocycles. The van der Waals surface area contributed by atoms with Crippen LogP contribution in [0.15, 0.2) is 4.42 Å². The number of nitrogens with zero attached hydrogens (tertiary/aromatic N) is 3. The van der Waals surface area contributed by atoms with Crippen LogP contribution in [0, 0.1) is 25.7 Å². The average molecular weight is 376 g/mol. The van der Waals surface area contributed by atoms with Crippen molar-refractivity contribution in [3.05, 3.63) is 17.3 Å². The molecule has 3 aliphatic heterocycles. The van der Waals surface area contributed by atoms with Crippen LogP contribution in [0.3, 0.4) is 0 Å². The van der Waals surface area contributed by atoms with E-state index in [-0.39, 0.29) is 5.91 Å². The van der Waals surface area contributed by atoms with Crippen molar-refractivity contribution in [2.45, 2.75) is 58.5 Å². The van der Waals surface area contributed by atoms with Crippen molar-refractivity contribution in [2.24, 2.45) is 11.8 Å². The third kappa shape index (κ3) is 4.37. The first-order chi connectivity index (χ1) is 13.1. The Bertz CT molecular complexity index is 637. The van der Waals surface area contributed by atoms with Crippen LogP contribution in [0.25, 0.3) is 0 Å². The Morgan fingerprint density at radius 3 is 2.26 bits per heavy atom. The highest BCUT2D eigenvalue weighted by Crippen LogP contribution is 2.33. The molecule has 1 unspecified atom stereocenters. The van der Waals surface area contributed by atoms with Crippen LogP contribution >= 0.6 is 0 Å². The number of carbonyl (C=O) groups excluding carboxylic acids is 1. The normalized spacial score (nSPS) is 26.0. The predicted octanol–water partition coefficient (Wildman–Crippen LogP) is 3.03. The van der Waals surface area contributed by atoms with Gasteiger partial charge in [-0.3, -0.25) is 4.79 Å². The van der Waals surface area contributed by atoms with Crippen molar-refractivity contribution in [3.63, 3.8) is 0 Å². The molecule has 0 bridgehead atoms. The fraction of sp³-hybridized carbons (Fsp3) is 0.810. The predicted molar refractivity (Wildman–Crippen MR) is 103 cm³/mol. The molecule has 3 saturated heterocycles. The van der Waals surface area contributed by atoms with E-state index in [0.717, 1.165) is 50.9 Å². The van der Waals surface area contributed by atoms with Gasteiger partial charge in [-0.25, -0.2) is 4.98 Å². The molecule has 3 aliphatic rings. The van der Waals surface area contributed by atoms with E-state index in [1.807, 2.05) is 11.8 Å². The number of carbonyl (C=O) groups is 1. The molecule has 0 N–H and O–H groups in total. The molecular weight excluding hydrogens is 342 g/mol. The van der Waals surface area contributed by atoms with Gasteiger partial charge in [0.1, 0.15) is 0 Å². The second kappa shape index (κ2) is 8.31. The summed E-state index contributed by atoms with van der Waals surface area (Å²) in [5, 5.41) is 0. The van der Waals surface area contributed by atoms with Gasteiger partial charge in [0.2, 0.25) is 5.76 Å². The molecular formula is C21H33N3O3. The fourth-order valence-electron chi connectivity index (χ4n) is 5.13. The molecule has 1 aromatic rings. The number of hydrogen-bond donors (Lipinski definition) is 0. The SMILES string of the molecule is Cc1nc(C)c(C(=O)N2CCC(C3CCN(CC4CCCO4)CC3)CC2)o1. The van der Waals surface area contributed by atoms with E-state index in [0.29, 0.717) is 23.4 Å². The monoisotopic (exact) mass is 375 g/mol. The summed E-state index contributed by atoms with van der Waals surface area (Å²) in [4.78, 5) is 21.5. The summed E-state index contributed by atoms with van der Waals surface area (Å²) in [5.74, 6) is 2.58. The Kier molecular flexibility index (Phi) is 5.83. The van der Waals surface area contributed by atoms with Gasteiger partial charge in [-0.05, 0) is 70.4 Å². The van der Waals surface area contributed by atoms with E-state index >= 15 is 0 Å². The van der Waals surface area contributed by atoms with Gasteiger partial charge >= 0.3 is 0 Å². The second-order valence-corrected chi connectivity index (χ2v) is 8.55. The Morgan fingerprint density at radius 2 is 1.70 bits per heavy atom.